The maximum Gasteiger partial charge on any atom is 0.225 e. The monoisotopic (exact) mass is 530 g/mol. The van der Waals surface area contributed by atoms with Gasteiger partial charge in [-0.25, -0.2) is 0 Å². The highest BCUT2D eigenvalue weighted by atomic mass is 79.9. The number of hydrogen-bond acceptors (Lipinski definition) is 7. The van der Waals surface area contributed by atoms with Gasteiger partial charge in [0.1, 0.15) is 5.50 Å². The Morgan fingerprint density at radius 1 is 1.12 bits per heavy atom. The van der Waals surface area contributed by atoms with Crippen LogP contribution in [0.2, 0.25) is 0 Å². The zero-order chi connectivity index (χ0) is 22.8. The number of thioether (sulfide) groups is 1. The van der Waals surface area contributed by atoms with Crippen molar-refractivity contribution < 1.29 is 4.79 Å². The average Bonchev–Trinajstić information content (AvgIpc) is 3.22. The van der Waals surface area contributed by atoms with Crippen molar-refractivity contribution in [1.82, 2.24) is 20.0 Å². The van der Waals surface area contributed by atoms with Crippen molar-refractivity contribution in [2.45, 2.75) is 43.8 Å². The van der Waals surface area contributed by atoms with Crippen LogP contribution in [0.5, 0.6) is 0 Å². The van der Waals surface area contributed by atoms with Crippen LogP contribution < -0.4 is 10.2 Å². The first-order valence-electron chi connectivity index (χ1n) is 11.8. The first-order chi connectivity index (χ1) is 16.1. The molecule has 2 fully saturated rings. The smallest absolute Gasteiger partial charge is 0.225 e. The van der Waals surface area contributed by atoms with Crippen molar-refractivity contribution in [2.24, 2.45) is 5.92 Å². The molecule has 1 amide bonds. The Morgan fingerprint density at radius 3 is 2.61 bits per heavy atom. The number of nitrogens with zero attached hydrogens (tertiary/aromatic N) is 5. The Balaban J connectivity index is 1.14. The lowest BCUT2D eigenvalue weighted by molar-refractivity contribution is -0.138. The number of benzene rings is 1. The Kier molecular flexibility index (Phi) is 7.08. The van der Waals surface area contributed by atoms with Gasteiger partial charge in [-0.1, -0.05) is 15.9 Å². The number of likely N-dealkylation sites (tertiary alicyclic amines) is 2. The van der Waals surface area contributed by atoms with E-state index in [9.17, 15) is 4.79 Å². The zero-order valence-corrected chi connectivity index (χ0v) is 21.4. The predicted octanol–water partition coefficient (Wildman–Crippen LogP) is 4.02. The lowest BCUT2D eigenvalue weighted by atomic mass is 9.93. The summed E-state index contributed by atoms with van der Waals surface area (Å²) in [6, 6.07) is 8.96. The van der Waals surface area contributed by atoms with Crippen LogP contribution in [0.3, 0.4) is 0 Å². The minimum Gasteiger partial charge on any atom is -0.355 e. The van der Waals surface area contributed by atoms with Gasteiger partial charge in [-0.05, 0) is 74.9 Å². The summed E-state index contributed by atoms with van der Waals surface area (Å²) in [7, 11) is 0. The Bertz CT molecular complexity index is 963. The second-order valence-electron chi connectivity index (χ2n) is 9.16. The normalized spacial score (nSPS) is 22.3. The summed E-state index contributed by atoms with van der Waals surface area (Å²) in [6.45, 7) is 4.54. The first-order valence-corrected chi connectivity index (χ1v) is 13.8. The van der Waals surface area contributed by atoms with Crippen LogP contribution in [-0.2, 0) is 11.3 Å². The Labute approximate surface area is 208 Å². The van der Waals surface area contributed by atoms with Crippen LogP contribution in [0, 0.1) is 5.92 Å². The number of carbonyl (C=O) groups is 1. The van der Waals surface area contributed by atoms with E-state index < -0.39 is 0 Å². The molecule has 0 bridgehead atoms. The van der Waals surface area contributed by atoms with Crippen molar-refractivity contribution in [3.8, 4) is 0 Å². The molecule has 3 aliphatic heterocycles. The van der Waals surface area contributed by atoms with Crippen molar-refractivity contribution in [2.75, 3.05) is 42.7 Å². The zero-order valence-electron chi connectivity index (χ0n) is 19.0. The topological polar surface area (TPSA) is 64.6 Å². The van der Waals surface area contributed by atoms with Gasteiger partial charge in [0, 0.05) is 42.3 Å². The highest BCUT2D eigenvalue weighted by Crippen LogP contribution is 2.42. The largest absolute Gasteiger partial charge is 0.355 e. The lowest BCUT2D eigenvalue weighted by Crippen LogP contribution is -2.51. The highest BCUT2D eigenvalue weighted by Gasteiger charge is 2.37. The van der Waals surface area contributed by atoms with Gasteiger partial charge in [-0.2, -0.15) is 10.2 Å². The van der Waals surface area contributed by atoms with Gasteiger partial charge in [0.05, 0.1) is 17.6 Å². The van der Waals surface area contributed by atoms with Gasteiger partial charge in [0.2, 0.25) is 5.91 Å². The second-order valence-corrected chi connectivity index (χ2v) is 11.0. The van der Waals surface area contributed by atoms with E-state index in [1.165, 1.54) is 16.9 Å². The summed E-state index contributed by atoms with van der Waals surface area (Å²) in [5.41, 5.74) is 3.91. The molecule has 7 nitrogen and oxygen atoms in total. The minimum atomic E-state index is 0.166. The number of fused-ring (bicyclic) bond motifs is 1. The lowest BCUT2D eigenvalue weighted by Gasteiger charge is -2.41. The van der Waals surface area contributed by atoms with Crippen LogP contribution in [0.25, 0.3) is 0 Å². The van der Waals surface area contributed by atoms with Gasteiger partial charge in [0.25, 0.3) is 0 Å². The number of aromatic nitrogens is 2. The van der Waals surface area contributed by atoms with Gasteiger partial charge >= 0.3 is 0 Å². The molecular weight excluding hydrogens is 500 g/mol. The van der Waals surface area contributed by atoms with Gasteiger partial charge in [-0.15, -0.1) is 11.8 Å². The van der Waals surface area contributed by atoms with Crippen LogP contribution >= 0.6 is 27.7 Å². The number of rotatable bonds is 5. The molecule has 0 aliphatic carbocycles. The molecule has 33 heavy (non-hydrogen) atoms. The van der Waals surface area contributed by atoms with Crippen LogP contribution in [0.15, 0.2) is 41.1 Å². The van der Waals surface area contributed by atoms with Crippen LogP contribution in [0.4, 0.5) is 11.4 Å². The van der Waals surface area contributed by atoms with Crippen molar-refractivity contribution in [3.05, 3.63) is 46.7 Å². The van der Waals surface area contributed by atoms with E-state index >= 15 is 0 Å². The van der Waals surface area contributed by atoms with Crippen molar-refractivity contribution in [1.29, 1.82) is 0 Å². The average molecular weight is 532 g/mol. The van der Waals surface area contributed by atoms with E-state index in [4.69, 9.17) is 0 Å². The molecule has 1 unspecified atom stereocenters. The van der Waals surface area contributed by atoms with Gasteiger partial charge in [0.15, 0.2) is 0 Å². The number of nitrogens with one attached hydrogen (secondary N) is 1. The molecule has 176 valence electrons. The third-order valence-corrected chi connectivity index (χ3v) is 8.43. The maximum atomic E-state index is 13.3. The molecule has 1 aromatic heterocycles. The van der Waals surface area contributed by atoms with Crippen molar-refractivity contribution in [3.63, 3.8) is 0 Å². The summed E-state index contributed by atoms with van der Waals surface area (Å²) in [5.74, 6) is 0.530. The summed E-state index contributed by atoms with van der Waals surface area (Å²) in [5, 5.41) is 11.5. The van der Waals surface area contributed by atoms with Crippen LogP contribution in [0.1, 0.15) is 31.2 Å². The number of amides is 1. The quantitative estimate of drug-likeness (QED) is 0.626. The molecule has 1 atom stereocenters. The van der Waals surface area contributed by atoms with E-state index in [0.29, 0.717) is 11.9 Å². The van der Waals surface area contributed by atoms with E-state index in [2.05, 4.69) is 70.6 Å². The Hall–Kier alpha value is -1.84. The molecule has 4 heterocycles. The van der Waals surface area contributed by atoms with E-state index in [-0.39, 0.29) is 11.4 Å². The number of halogens is 1. The molecule has 0 saturated carbocycles. The summed E-state index contributed by atoms with van der Waals surface area (Å²) in [6.07, 6.45) is 9.67. The van der Waals surface area contributed by atoms with E-state index in [1.807, 2.05) is 24.0 Å². The van der Waals surface area contributed by atoms with Gasteiger partial charge < -0.3 is 15.1 Å². The number of carbonyl (C=O) groups excluding carboxylic acids is 1. The van der Waals surface area contributed by atoms with Gasteiger partial charge in [-0.3, -0.25) is 9.69 Å². The fourth-order valence-corrected chi connectivity index (χ4v) is 6.49. The summed E-state index contributed by atoms with van der Waals surface area (Å²) < 4.78 is 1.10. The summed E-state index contributed by atoms with van der Waals surface area (Å²) >= 11 is 5.42. The molecule has 2 aromatic rings. The highest BCUT2D eigenvalue weighted by molar-refractivity contribution is 9.10. The maximum absolute atomic E-state index is 13.3. The number of hydrogen-bond donors (Lipinski definition) is 1. The fraction of sp³-hybridized carbons (Fsp3) is 0.542. The molecular formula is C24H31BrN6OS. The minimum absolute atomic E-state index is 0.166. The first kappa shape index (κ1) is 22.9. The third-order valence-electron chi connectivity index (χ3n) is 7.15. The molecule has 2 saturated heterocycles. The second kappa shape index (κ2) is 10.2. The molecule has 3 aliphatic rings. The van der Waals surface area contributed by atoms with Crippen molar-refractivity contribution >= 4 is 45.0 Å². The molecule has 5 rings (SSSR count). The third kappa shape index (κ3) is 5.00. The predicted molar refractivity (Wildman–Crippen MR) is 137 cm³/mol. The molecule has 0 spiro atoms. The van der Waals surface area contributed by atoms with E-state index in [1.54, 1.807) is 6.20 Å². The molecule has 1 N–H and O–H groups in total. The standard InChI is InChI=1S/C24H31BrN6OS/c1-33-24-28-21-14-19(25)2-3-22(21)31(24)20-7-12-30(13-8-20)23(32)18-5-10-29(11-6-18)16-17-4-9-26-27-15-17/h2-4,9,14-15,18,20,24,28H,5-8,10-13,16H2,1H3. The van der Waals surface area contributed by atoms with E-state index in [0.717, 1.165) is 62.9 Å². The molecule has 1 aromatic carbocycles. The van der Waals surface area contributed by atoms with Crippen LogP contribution in [-0.4, -0.2) is 69.9 Å². The molecule has 9 heteroatoms. The number of anilines is 2. The number of piperidine rings is 2. The fourth-order valence-electron chi connectivity index (χ4n) is 5.37. The molecule has 0 radical (unpaired) electrons. The Morgan fingerprint density at radius 2 is 1.91 bits per heavy atom. The summed E-state index contributed by atoms with van der Waals surface area (Å²) in [4.78, 5) is 20.3. The SMILES string of the molecule is CSC1Nc2cc(Br)ccc2N1C1CCN(C(=O)C2CCN(Cc3ccnnc3)CC2)CC1.